The number of alkyl halides is 3. The molecule has 1 aliphatic rings. The summed E-state index contributed by atoms with van der Waals surface area (Å²) in [6.07, 6.45) is -2.32. The minimum atomic E-state index is -4.64. The van der Waals surface area contributed by atoms with Crippen molar-refractivity contribution in [3.8, 4) is 0 Å². The van der Waals surface area contributed by atoms with Gasteiger partial charge in [0.2, 0.25) is 0 Å². The molecule has 108 valence electrons. The highest BCUT2D eigenvalue weighted by atomic mass is 35.5. The lowest BCUT2D eigenvalue weighted by atomic mass is 9.99. The van der Waals surface area contributed by atoms with Crippen LogP contribution in [-0.4, -0.2) is 29.8 Å². The quantitative estimate of drug-likeness (QED) is 0.853. The smallest absolute Gasteiger partial charge is 0.413 e. The number of esters is 1. The predicted octanol–water partition coefficient (Wildman–Crippen LogP) is 3.04. The third-order valence-corrected chi connectivity index (χ3v) is 2.83. The zero-order valence-electron chi connectivity index (χ0n) is 10.3. The zero-order valence-corrected chi connectivity index (χ0v) is 11.0. The molecule has 0 amide bonds. The second kappa shape index (κ2) is 5.32. The predicted molar refractivity (Wildman–Crippen MR) is 67.3 cm³/mol. The average molecular weight is 307 g/mol. The van der Waals surface area contributed by atoms with Gasteiger partial charge in [0.05, 0.1) is 17.2 Å². The van der Waals surface area contributed by atoms with Gasteiger partial charge >= 0.3 is 12.1 Å². The second-order valence-corrected chi connectivity index (χ2v) is 4.47. The van der Waals surface area contributed by atoms with Crippen LogP contribution in [0, 0.1) is 0 Å². The Kier molecular flexibility index (Phi) is 3.89. The normalized spacial score (nSPS) is 17.9. The van der Waals surface area contributed by atoms with Crippen LogP contribution in [0.15, 0.2) is 17.8 Å². The van der Waals surface area contributed by atoms with Gasteiger partial charge in [0.1, 0.15) is 5.82 Å². The zero-order chi connectivity index (χ0) is 14.9. The molecule has 1 unspecified atom stereocenters. The first-order valence-electron chi connectivity index (χ1n) is 5.70. The van der Waals surface area contributed by atoms with Crippen LogP contribution in [0.2, 0.25) is 5.02 Å². The van der Waals surface area contributed by atoms with E-state index in [9.17, 15) is 18.0 Å². The Morgan fingerprint density at radius 3 is 2.85 bits per heavy atom. The highest BCUT2D eigenvalue weighted by molar-refractivity contribution is 6.30. The number of fused-ring (bicyclic) bond motifs is 1. The van der Waals surface area contributed by atoms with E-state index in [0.29, 0.717) is 5.56 Å². The molecule has 0 saturated carbocycles. The van der Waals surface area contributed by atoms with Crippen molar-refractivity contribution in [2.75, 3.05) is 11.9 Å². The lowest BCUT2D eigenvalue weighted by Gasteiger charge is -2.28. The van der Waals surface area contributed by atoms with E-state index in [2.05, 4.69) is 15.0 Å². The van der Waals surface area contributed by atoms with E-state index in [-0.39, 0.29) is 17.4 Å². The van der Waals surface area contributed by atoms with Gasteiger partial charge in [0.25, 0.3) is 0 Å². The number of pyridine rings is 1. The molecule has 0 aliphatic carbocycles. The summed E-state index contributed by atoms with van der Waals surface area (Å²) in [6, 6.07) is -0.731. The van der Waals surface area contributed by atoms with Crippen molar-refractivity contribution in [3.63, 3.8) is 0 Å². The molecule has 0 radical (unpaired) electrons. The molecule has 0 fully saturated rings. The summed E-state index contributed by atoms with van der Waals surface area (Å²) >= 11 is 5.73. The van der Waals surface area contributed by atoms with Crippen LogP contribution < -0.4 is 5.32 Å². The summed E-state index contributed by atoms with van der Waals surface area (Å²) in [5.41, 5.74) is -0.211. The minimum absolute atomic E-state index is 0.0125. The van der Waals surface area contributed by atoms with Crippen molar-refractivity contribution in [2.45, 2.75) is 19.1 Å². The fourth-order valence-electron chi connectivity index (χ4n) is 1.80. The molecular weight excluding hydrogens is 297 g/mol. The van der Waals surface area contributed by atoms with Gasteiger partial charge in [-0.2, -0.15) is 13.2 Å². The fourth-order valence-corrected chi connectivity index (χ4v) is 1.97. The summed E-state index contributed by atoms with van der Waals surface area (Å²) in [6.45, 7) is 1.51. The number of carbonyl (C=O) groups excluding carboxylic acids is 1. The number of hydrogen-bond acceptors (Lipinski definition) is 4. The van der Waals surface area contributed by atoms with E-state index in [4.69, 9.17) is 11.6 Å². The van der Waals surface area contributed by atoms with Crippen LogP contribution in [0.4, 0.5) is 19.0 Å². The Bertz CT molecular complexity index is 572. The van der Waals surface area contributed by atoms with Crippen LogP contribution in [0.3, 0.4) is 0 Å². The third-order valence-electron chi connectivity index (χ3n) is 2.63. The lowest BCUT2D eigenvalue weighted by molar-refractivity contribution is -0.150. The number of rotatable bonds is 2. The number of aromatic nitrogens is 1. The summed E-state index contributed by atoms with van der Waals surface area (Å²) in [5.74, 6) is -1.00. The fraction of sp³-hybridized carbons (Fsp3) is 0.333. The lowest BCUT2D eigenvalue weighted by Crippen LogP contribution is -2.42. The Balaban J connectivity index is 2.48. The molecule has 0 aromatic carbocycles. The van der Waals surface area contributed by atoms with Crippen molar-refractivity contribution >= 4 is 29.5 Å². The van der Waals surface area contributed by atoms with Gasteiger partial charge in [0, 0.05) is 11.8 Å². The maximum Gasteiger partial charge on any atom is 0.413 e. The van der Waals surface area contributed by atoms with Crippen molar-refractivity contribution in [3.05, 3.63) is 28.4 Å². The largest absolute Gasteiger partial charge is 0.463 e. The maximum absolute atomic E-state index is 13.0. The Labute approximate surface area is 117 Å². The number of anilines is 1. The second-order valence-electron chi connectivity index (χ2n) is 4.03. The van der Waals surface area contributed by atoms with Gasteiger partial charge in [-0.05, 0) is 19.1 Å². The first-order valence-corrected chi connectivity index (χ1v) is 6.08. The molecule has 2 rings (SSSR count). The standard InChI is InChI=1S/C12H10ClF3N2O2/c1-2-20-11(19)8-4-6-3-7(13)5-17-10(6)18-9(8)12(14,15)16/h3-5,9H,2H2,1H3,(H,17,18). The molecule has 8 heteroatoms. The highest BCUT2D eigenvalue weighted by Gasteiger charge is 2.46. The number of nitrogens with zero attached hydrogens (tertiary/aromatic N) is 1. The third kappa shape index (κ3) is 2.87. The molecule has 0 bridgehead atoms. The number of hydrogen-bond donors (Lipinski definition) is 1. The van der Waals surface area contributed by atoms with E-state index in [0.717, 1.165) is 6.08 Å². The monoisotopic (exact) mass is 306 g/mol. The number of ether oxygens (including phenoxy) is 1. The van der Waals surface area contributed by atoms with Crippen molar-refractivity contribution in [1.82, 2.24) is 4.98 Å². The highest BCUT2D eigenvalue weighted by Crippen LogP contribution is 2.35. The van der Waals surface area contributed by atoms with Gasteiger partial charge in [-0.25, -0.2) is 9.78 Å². The van der Waals surface area contributed by atoms with E-state index in [1.165, 1.54) is 19.2 Å². The summed E-state index contributed by atoms with van der Waals surface area (Å²) in [7, 11) is 0. The van der Waals surface area contributed by atoms with Crippen LogP contribution in [0.25, 0.3) is 6.08 Å². The van der Waals surface area contributed by atoms with Crippen LogP contribution in [-0.2, 0) is 9.53 Å². The molecule has 1 aromatic heterocycles. The molecule has 1 aliphatic heterocycles. The van der Waals surface area contributed by atoms with E-state index in [1.807, 2.05) is 0 Å². The Morgan fingerprint density at radius 1 is 1.55 bits per heavy atom. The molecule has 4 nitrogen and oxygen atoms in total. The van der Waals surface area contributed by atoms with Crippen molar-refractivity contribution < 1.29 is 22.7 Å². The molecular formula is C12H10ClF3N2O2. The molecule has 0 saturated heterocycles. The van der Waals surface area contributed by atoms with E-state index < -0.39 is 23.8 Å². The van der Waals surface area contributed by atoms with Gasteiger partial charge in [0.15, 0.2) is 6.04 Å². The van der Waals surface area contributed by atoms with Crippen molar-refractivity contribution in [2.24, 2.45) is 0 Å². The first kappa shape index (κ1) is 14.6. The summed E-state index contributed by atoms with van der Waals surface area (Å²) in [5, 5.41) is 2.45. The Morgan fingerprint density at radius 2 is 2.25 bits per heavy atom. The van der Waals surface area contributed by atoms with E-state index >= 15 is 0 Å². The minimum Gasteiger partial charge on any atom is -0.463 e. The van der Waals surface area contributed by atoms with Crippen molar-refractivity contribution in [1.29, 1.82) is 0 Å². The number of nitrogens with one attached hydrogen (secondary N) is 1. The van der Waals surface area contributed by atoms with Gasteiger partial charge in [-0.1, -0.05) is 11.6 Å². The number of carbonyl (C=O) groups is 1. The maximum atomic E-state index is 13.0. The topological polar surface area (TPSA) is 51.2 Å². The number of halogens is 4. The molecule has 1 N–H and O–H groups in total. The summed E-state index contributed by atoms with van der Waals surface area (Å²) in [4.78, 5) is 15.4. The SMILES string of the molecule is CCOC(=O)C1=Cc2cc(Cl)cnc2NC1C(F)(F)F. The molecule has 20 heavy (non-hydrogen) atoms. The van der Waals surface area contributed by atoms with E-state index in [1.54, 1.807) is 0 Å². The molecule has 1 atom stereocenters. The van der Waals surface area contributed by atoms with Gasteiger partial charge in [-0.15, -0.1) is 0 Å². The average Bonchev–Trinajstić information content (AvgIpc) is 2.36. The summed E-state index contributed by atoms with van der Waals surface area (Å²) < 4.78 is 43.7. The van der Waals surface area contributed by atoms with Crippen LogP contribution >= 0.6 is 11.6 Å². The van der Waals surface area contributed by atoms with Crippen LogP contribution in [0.1, 0.15) is 12.5 Å². The van der Waals surface area contributed by atoms with Gasteiger partial charge < -0.3 is 10.1 Å². The van der Waals surface area contributed by atoms with Gasteiger partial charge in [-0.3, -0.25) is 0 Å². The van der Waals surface area contributed by atoms with Crippen LogP contribution in [0.5, 0.6) is 0 Å². The Hall–Kier alpha value is -1.76. The first-order chi connectivity index (χ1) is 9.32. The molecule has 2 heterocycles. The molecule has 1 aromatic rings. The molecule has 0 spiro atoms.